The summed E-state index contributed by atoms with van der Waals surface area (Å²) >= 11 is 0. The maximum Gasteiger partial charge on any atom is 0.469 e. The average molecular weight is 649 g/mol. The second-order valence-corrected chi connectivity index (χ2v) is 13.8. The van der Waals surface area contributed by atoms with Crippen LogP contribution in [0.25, 0.3) is 0 Å². The van der Waals surface area contributed by atoms with Crippen molar-refractivity contribution in [3.05, 3.63) is 0 Å². The average Bonchev–Trinajstić information content (AvgIpc) is 2.98. The molecule has 44 heavy (non-hydrogen) atoms. The van der Waals surface area contributed by atoms with Gasteiger partial charge in [0.1, 0.15) is 6.61 Å². The van der Waals surface area contributed by atoms with Gasteiger partial charge in [-0.25, -0.2) is 4.57 Å². The van der Waals surface area contributed by atoms with Gasteiger partial charge in [0.05, 0.1) is 6.61 Å². The van der Waals surface area contributed by atoms with Gasteiger partial charge in [0.2, 0.25) is 0 Å². The van der Waals surface area contributed by atoms with Gasteiger partial charge in [0.15, 0.2) is 6.10 Å². The molecule has 0 aromatic carbocycles. The van der Waals surface area contributed by atoms with Crippen LogP contribution in [0.5, 0.6) is 0 Å². The molecule has 0 fully saturated rings. The number of phosphoric ester groups is 1. The van der Waals surface area contributed by atoms with E-state index in [2.05, 4.69) is 18.4 Å². The Morgan fingerprint density at radius 3 is 1.16 bits per heavy atom. The van der Waals surface area contributed by atoms with Crippen LogP contribution in [0.15, 0.2) is 0 Å². The highest BCUT2D eigenvalue weighted by molar-refractivity contribution is 7.46. The number of carbonyl (C=O) groups is 2. The molecule has 0 aromatic rings. The minimum atomic E-state index is -4.73. The number of hydrogen-bond acceptors (Lipinski definition) is 6. The molecule has 0 heterocycles. The topological polar surface area (TPSA) is 119 Å². The molecule has 0 aliphatic heterocycles. The second-order valence-electron chi connectivity index (χ2n) is 12.6. The number of carbonyl (C=O) groups excluding carboxylic acids is 2. The van der Waals surface area contributed by atoms with Crippen LogP contribution in [0.2, 0.25) is 0 Å². The molecule has 1 unspecified atom stereocenters. The summed E-state index contributed by atoms with van der Waals surface area (Å²) in [4.78, 5) is 42.4. The Labute approximate surface area is 270 Å². The van der Waals surface area contributed by atoms with Gasteiger partial charge >= 0.3 is 19.8 Å². The molecule has 0 amide bonds. The predicted octanol–water partition coefficient (Wildman–Crippen LogP) is 10.5. The van der Waals surface area contributed by atoms with Crippen molar-refractivity contribution in [1.82, 2.24) is 0 Å². The summed E-state index contributed by atoms with van der Waals surface area (Å²) in [7, 11) is -4.73. The predicted molar refractivity (Wildman–Crippen MR) is 179 cm³/mol. The van der Waals surface area contributed by atoms with E-state index in [4.69, 9.17) is 19.3 Å². The fourth-order valence-corrected chi connectivity index (χ4v) is 5.73. The highest BCUT2D eigenvalue weighted by atomic mass is 31.2. The zero-order chi connectivity index (χ0) is 32.6. The van der Waals surface area contributed by atoms with E-state index in [9.17, 15) is 14.2 Å². The Kier molecular flexibility index (Phi) is 31.3. The van der Waals surface area contributed by atoms with Crippen LogP contribution in [0.3, 0.4) is 0 Å². The van der Waals surface area contributed by atoms with Crippen LogP contribution < -0.4 is 0 Å². The van der Waals surface area contributed by atoms with Crippen molar-refractivity contribution in [2.75, 3.05) is 13.2 Å². The Bertz CT molecular complexity index is 696. The normalized spacial score (nSPS) is 12.4. The summed E-state index contributed by atoms with van der Waals surface area (Å²) in [5.41, 5.74) is 0. The number of unbranched alkanes of at least 4 members (excludes halogenated alkanes) is 24. The third-order valence-electron chi connectivity index (χ3n) is 8.13. The zero-order valence-corrected chi connectivity index (χ0v) is 29.5. The van der Waals surface area contributed by atoms with Gasteiger partial charge in [-0.1, -0.05) is 168 Å². The summed E-state index contributed by atoms with van der Waals surface area (Å²) in [5, 5.41) is 0. The molecule has 0 bridgehead atoms. The lowest BCUT2D eigenvalue weighted by Gasteiger charge is -2.18. The third kappa shape index (κ3) is 33.9. The molecule has 0 rings (SSSR count). The van der Waals surface area contributed by atoms with Crippen molar-refractivity contribution in [1.29, 1.82) is 0 Å². The first kappa shape index (κ1) is 43.0. The molecule has 9 heteroatoms. The molecule has 0 saturated carbocycles. The molecule has 0 aliphatic rings. The van der Waals surface area contributed by atoms with Crippen LogP contribution in [0.4, 0.5) is 0 Å². The SMILES string of the molecule is CCCCCCCCCCCCCCCCCCCCCC(=O)OC(COC(=O)CCCCCCCCC)COP(=O)(O)O. The quantitative estimate of drug-likeness (QED) is 0.0402. The van der Waals surface area contributed by atoms with Crippen LogP contribution in [0.1, 0.15) is 194 Å². The monoisotopic (exact) mass is 648 g/mol. The summed E-state index contributed by atoms with van der Waals surface area (Å²) in [6, 6.07) is 0. The third-order valence-corrected chi connectivity index (χ3v) is 8.61. The summed E-state index contributed by atoms with van der Waals surface area (Å²) in [6.07, 6.45) is 31.4. The van der Waals surface area contributed by atoms with Crippen molar-refractivity contribution in [3.63, 3.8) is 0 Å². The van der Waals surface area contributed by atoms with Gasteiger partial charge in [0.25, 0.3) is 0 Å². The first-order valence-corrected chi connectivity index (χ1v) is 19.9. The minimum absolute atomic E-state index is 0.219. The molecule has 2 N–H and O–H groups in total. The minimum Gasteiger partial charge on any atom is -0.462 e. The number of rotatable bonds is 34. The van der Waals surface area contributed by atoms with Crippen molar-refractivity contribution in [3.8, 4) is 0 Å². The Morgan fingerprint density at radius 2 is 0.818 bits per heavy atom. The van der Waals surface area contributed by atoms with E-state index in [0.29, 0.717) is 6.42 Å². The van der Waals surface area contributed by atoms with E-state index in [-0.39, 0.29) is 19.4 Å². The molecule has 0 radical (unpaired) electrons. The maximum absolute atomic E-state index is 12.3. The largest absolute Gasteiger partial charge is 0.469 e. The Morgan fingerprint density at radius 1 is 0.500 bits per heavy atom. The maximum atomic E-state index is 12.3. The van der Waals surface area contributed by atoms with E-state index in [1.165, 1.54) is 128 Å². The lowest BCUT2D eigenvalue weighted by Crippen LogP contribution is -2.29. The number of esters is 2. The lowest BCUT2D eigenvalue weighted by molar-refractivity contribution is -0.161. The summed E-state index contributed by atoms with van der Waals surface area (Å²) in [5.74, 6) is -0.881. The van der Waals surface area contributed by atoms with Crippen LogP contribution in [-0.2, 0) is 28.2 Å². The van der Waals surface area contributed by atoms with Crippen LogP contribution in [-0.4, -0.2) is 41.0 Å². The fourth-order valence-electron chi connectivity index (χ4n) is 5.37. The molecule has 1 atom stereocenters. The van der Waals surface area contributed by atoms with Crippen molar-refractivity contribution in [2.45, 2.75) is 200 Å². The number of hydrogen-bond donors (Lipinski definition) is 2. The standard InChI is InChI=1S/C35H69O8P/c1-3-5-7-9-11-12-13-14-15-16-17-18-19-20-21-22-24-26-28-30-35(37)43-33(32-42-44(38,39)40)31-41-34(36)29-27-25-23-10-8-6-4-2/h33H,3-32H2,1-2H3,(H2,38,39,40). The molecule has 0 aliphatic carbocycles. The van der Waals surface area contributed by atoms with Gasteiger partial charge in [0, 0.05) is 12.8 Å². The van der Waals surface area contributed by atoms with Crippen molar-refractivity contribution in [2.24, 2.45) is 0 Å². The van der Waals surface area contributed by atoms with Crippen LogP contribution in [0, 0.1) is 0 Å². The van der Waals surface area contributed by atoms with Gasteiger partial charge in [-0.15, -0.1) is 0 Å². The fraction of sp³-hybridized carbons (Fsp3) is 0.943. The lowest BCUT2D eigenvalue weighted by atomic mass is 10.0. The second kappa shape index (κ2) is 32.0. The highest BCUT2D eigenvalue weighted by Gasteiger charge is 2.22. The summed E-state index contributed by atoms with van der Waals surface area (Å²) < 4.78 is 26.2. The van der Waals surface area contributed by atoms with E-state index in [1.54, 1.807) is 0 Å². The Balaban J connectivity index is 3.82. The molecule has 0 spiro atoms. The van der Waals surface area contributed by atoms with Gasteiger partial charge in [-0.2, -0.15) is 0 Å². The van der Waals surface area contributed by atoms with E-state index in [1.807, 2.05) is 0 Å². The smallest absolute Gasteiger partial charge is 0.462 e. The van der Waals surface area contributed by atoms with Crippen molar-refractivity contribution < 1.29 is 37.9 Å². The van der Waals surface area contributed by atoms with Gasteiger partial charge < -0.3 is 19.3 Å². The van der Waals surface area contributed by atoms with E-state index in [0.717, 1.165) is 32.1 Å². The zero-order valence-electron chi connectivity index (χ0n) is 28.6. The Hall–Kier alpha value is -0.950. The van der Waals surface area contributed by atoms with E-state index >= 15 is 0 Å². The van der Waals surface area contributed by atoms with Gasteiger partial charge in [-0.3, -0.25) is 14.1 Å². The molecule has 0 aromatic heterocycles. The first-order valence-electron chi connectivity index (χ1n) is 18.3. The molecular weight excluding hydrogens is 579 g/mol. The number of phosphoric acid groups is 1. The van der Waals surface area contributed by atoms with Crippen molar-refractivity contribution >= 4 is 19.8 Å². The molecule has 262 valence electrons. The number of ether oxygens (including phenoxy) is 2. The van der Waals surface area contributed by atoms with Crippen LogP contribution >= 0.6 is 7.82 Å². The highest BCUT2D eigenvalue weighted by Crippen LogP contribution is 2.36. The molecule has 8 nitrogen and oxygen atoms in total. The summed E-state index contributed by atoms with van der Waals surface area (Å²) in [6.45, 7) is 3.64. The first-order chi connectivity index (χ1) is 21.3. The van der Waals surface area contributed by atoms with Gasteiger partial charge in [-0.05, 0) is 12.8 Å². The molecule has 0 saturated heterocycles. The van der Waals surface area contributed by atoms with E-state index < -0.39 is 32.5 Å². The molecular formula is C35H69O8P.